The van der Waals surface area contributed by atoms with Crippen molar-refractivity contribution >= 4 is 45.0 Å². The number of benzene rings is 2. The van der Waals surface area contributed by atoms with Crippen molar-refractivity contribution in [3.05, 3.63) is 72.6 Å². The molecule has 0 saturated heterocycles. The van der Waals surface area contributed by atoms with E-state index in [1.54, 1.807) is 29.4 Å². The summed E-state index contributed by atoms with van der Waals surface area (Å²) in [5.41, 5.74) is 3.10. The first-order valence-corrected chi connectivity index (χ1v) is 9.29. The molecule has 0 amide bonds. The standard InChI is InChI=1S/C18H14N4S2/c1-3-7-13(8-4-1)11-23-18-22-15-16(19-12-20-17(15)24-18)21-14-9-5-2-6-10-14/h1-10,12H,11H2,(H,19,20,21). The van der Waals surface area contributed by atoms with Crippen molar-refractivity contribution in [2.24, 2.45) is 0 Å². The van der Waals surface area contributed by atoms with E-state index in [4.69, 9.17) is 4.98 Å². The molecule has 24 heavy (non-hydrogen) atoms. The highest BCUT2D eigenvalue weighted by molar-refractivity contribution is 8.00. The van der Waals surface area contributed by atoms with Crippen molar-refractivity contribution in [3.8, 4) is 0 Å². The fraction of sp³-hybridized carbons (Fsp3) is 0.0556. The molecular formula is C18H14N4S2. The van der Waals surface area contributed by atoms with Gasteiger partial charge < -0.3 is 5.32 Å². The summed E-state index contributed by atoms with van der Waals surface area (Å²) in [6, 6.07) is 20.4. The number of thiazole rings is 1. The lowest BCUT2D eigenvalue weighted by Gasteiger charge is -2.04. The lowest BCUT2D eigenvalue weighted by Crippen LogP contribution is -1.95. The minimum Gasteiger partial charge on any atom is -0.338 e. The van der Waals surface area contributed by atoms with Crippen LogP contribution in [0.2, 0.25) is 0 Å². The Balaban J connectivity index is 1.57. The first-order chi connectivity index (χ1) is 11.9. The van der Waals surface area contributed by atoms with Crippen LogP contribution in [-0.4, -0.2) is 15.0 Å². The van der Waals surface area contributed by atoms with Crippen molar-refractivity contribution < 1.29 is 0 Å². The summed E-state index contributed by atoms with van der Waals surface area (Å²) in [6.45, 7) is 0. The Kier molecular flexibility index (Phi) is 4.40. The Morgan fingerprint density at radius 1 is 0.917 bits per heavy atom. The molecule has 4 nitrogen and oxygen atoms in total. The summed E-state index contributed by atoms with van der Waals surface area (Å²) >= 11 is 3.33. The van der Waals surface area contributed by atoms with Gasteiger partial charge in [0.25, 0.3) is 0 Å². The molecule has 2 aromatic carbocycles. The van der Waals surface area contributed by atoms with Gasteiger partial charge in [0.15, 0.2) is 10.2 Å². The van der Waals surface area contributed by atoms with E-state index < -0.39 is 0 Å². The van der Waals surface area contributed by atoms with Crippen LogP contribution in [0.25, 0.3) is 10.3 Å². The average molecular weight is 350 g/mol. The number of thioether (sulfide) groups is 1. The number of fused-ring (bicyclic) bond motifs is 1. The zero-order valence-electron chi connectivity index (χ0n) is 12.7. The number of hydrogen-bond donors (Lipinski definition) is 1. The molecule has 0 spiro atoms. The maximum Gasteiger partial charge on any atom is 0.161 e. The maximum atomic E-state index is 4.72. The van der Waals surface area contributed by atoms with Gasteiger partial charge in [0.1, 0.15) is 16.7 Å². The Morgan fingerprint density at radius 2 is 1.67 bits per heavy atom. The van der Waals surface area contributed by atoms with Gasteiger partial charge in [-0.1, -0.05) is 71.6 Å². The Hall–Kier alpha value is -2.44. The minimum atomic E-state index is 0.744. The van der Waals surface area contributed by atoms with E-state index in [0.717, 1.165) is 31.9 Å². The lowest BCUT2D eigenvalue weighted by molar-refractivity contribution is 1.20. The first-order valence-electron chi connectivity index (χ1n) is 7.49. The zero-order valence-corrected chi connectivity index (χ0v) is 14.3. The molecule has 6 heteroatoms. The van der Waals surface area contributed by atoms with Crippen molar-refractivity contribution in [2.45, 2.75) is 10.1 Å². The molecule has 4 rings (SSSR count). The third-order valence-corrected chi connectivity index (χ3v) is 5.59. The number of rotatable bonds is 5. The average Bonchev–Trinajstić information content (AvgIpc) is 3.06. The van der Waals surface area contributed by atoms with Crippen LogP contribution in [0.3, 0.4) is 0 Å². The molecule has 0 fully saturated rings. The highest BCUT2D eigenvalue weighted by Crippen LogP contribution is 2.33. The van der Waals surface area contributed by atoms with Gasteiger partial charge in [0.05, 0.1) is 0 Å². The van der Waals surface area contributed by atoms with Gasteiger partial charge in [0.2, 0.25) is 0 Å². The molecule has 0 aliphatic carbocycles. The molecular weight excluding hydrogens is 336 g/mol. The number of hydrogen-bond acceptors (Lipinski definition) is 6. The van der Waals surface area contributed by atoms with Crippen LogP contribution in [0.1, 0.15) is 5.56 Å². The van der Waals surface area contributed by atoms with Crippen molar-refractivity contribution in [2.75, 3.05) is 5.32 Å². The number of anilines is 2. The molecule has 118 valence electrons. The Bertz CT molecular complexity index is 939. The van der Waals surface area contributed by atoms with Crippen LogP contribution in [0.4, 0.5) is 11.5 Å². The van der Waals surface area contributed by atoms with Gasteiger partial charge in [-0.15, -0.1) is 0 Å². The van der Waals surface area contributed by atoms with E-state index in [-0.39, 0.29) is 0 Å². The van der Waals surface area contributed by atoms with Gasteiger partial charge in [-0.2, -0.15) is 0 Å². The first kappa shape index (κ1) is 15.1. The summed E-state index contributed by atoms with van der Waals surface area (Å²) in [7, 11) is 0. The fourth-order valence-electron chi connectivity index (χ4n) is 2.27. The lowest BCUT2D eigenvalue weighted by atomic mass is 10.2. The molecule has 0 saturated carbocycles. The highest BCUT2D eigenvalue weighted by atomic mass is 32.2. The highest BCUT2D eigenvalue weighted by Gasteiger charge is 2.11. The van der Waals surface area contributed by atoms with Crippen LogP contribution in [0.15, 0.2) is 71.3 Å². The molecule has 1 N–H and O–H groups in total. The summed E-state index contributed by atoms with van der Waals surface area (Å²) in [5.74, 6) is 1.64. The molecule has 0 unspecified atom stereocenters. The van der Waals surface area contributed by atoms with E-state index in [2.05, 4.69) is 39.6 Å². The molecule has 0 aliphatic heterocycles. The van der Waals surface area contributed by atoms with Crippen molar-refractivity contribution in [3.63, 3.8) is 0 Å². The fourth-order valence-corrected chi connectivity index (χ4v) is 4.19. The molecule has 0 radical (unpaired) electrons. The quantitative estimate of drug-likeness (QED) is 0.506. The Morgan fingerprint density at radius 3 is 2.46 bits per heavy atom. The van der Waals surface area contributed by atoms with Gasteiger partial charge in [-0.3, -0.25) is 0 Å². The second kappa shape index (κ2) is 6.98. The topological polar surface area (TPSA) is 50.7 Å². The minimum absolute atomic E-state index is 0.744. The number of nitrogens with zero attached hydrogens (tertiary/aromatic N) is 3. The zero-order chi connectivity index (χ0) is 16.2. The van der Waals surface area contributed by atoms with E-state index in [1.807, 2.05) is 36.4 Å². The van der Waals surface area contributed by atoms with Crippen LogP contribution >= 0.6 is 23.1 Å². The van der Waals surface area contributed by atoms with E-state index in [0.29, 0.717) is 0 Å². The number of para-hydroxylation sites is 1. The van der Waals surface area contributed by atoms with Crippen LogP contribution in [0, 0.1) is 0 Å². The molecule has 0 bridgehead atoms. The molecule has 2 heterocycles. The summed E-state index contributed by atoms with van der Waals surface area (Å²) in [6.07, 6.45) is 1.58. The van der Waals surface area contributed by atoms with Crippen LogP contribution in [-0.2, 0) is 5.75 Å². The van der Waals surface area contributed by atoms with Gasteiger partial charge >= 0.3 is 0 Å². The third kappa shape index (κ3) is 3.39. The molecule has 4 aromatic rings. The second-order valence-electron chi connectivity index (χ2n) is 5.12. The van der Waals surface area contributed by atoms with Crippen molar-refractivity contribution in [1.29, 1.82) is 0 Å². The monoisotopic (exact) mass is 350 g/mol. The SMILES string of the molecule is c1ccc(CSc2nc3c(Nc4ccccc4)ncnc3s2)cc1. The summed E-state index contributed by atoms with van der Waals surface area (Å²) < 4.78 is 1.01. The molecule has 2 aromatic heterocycles. The Labute approximate surface area is 148 Å². The van der Waals surface area contributed by atoms with Gasteiger partial charge in [-0.05, 0) is 17.7 Å². The van der Waals surface area contributed by atoms with Gasteiger partial charge in [0, 0.05) is 11.4 Å². The van der Waals surface area contributed by atoms with Gasteiger partial charge in [-0.25, -0.2) is 15.0 Å². The molecule has 0 atom stereocenters. The predicted octanol–water partition coefficient (Wildman–Crippen LogP) is 5.12. The van der Waals surface area contributed by atoms with E-state index in [9.17, 15) is 0 Å². The van der Waals surface area contributed by atoms with E-state index >= 15 is 0 Å². The number of nitrogens with one attached hydrogen (secondary N) is 1. The van der Waals surface area contributed by atoms with Crippen molar-refractivity contribution in [1.82, 2.24) is 15.0 Å². The second-order valence-corrected chi connectivity index (χ2v) is 7.32. The summed E-state index contributed by atoms with van der Waals surface area (Å²) in [4.78, 5) is 14.3. The maximum absolute atomic E-state index is 4.72. The number of aromatic nitrogens is 3. The normalized spacial score (nSPS) is 10.8. The van der Waals surface area contributed by atoms with E-state index in [1.165, 1.54) is 5.56 Å². The summed E-state index contributed by atoms with van der Waals surface area (Å²) in [5, 5.41) is 3.32. The molecule has 0 aliphatic rings. The predicted molar refractivity (Wildman–Crippen MR) is 101 cm³/mol. The third-order valence-electron chi connectivity index (χ3n) is 3.42. The smallest absolute Gasteiger partial charge is 0.161 e. The van der Waals surface area contributed by atoms with Crippen LogP contribution in [0.5, 0.6) is 0 Å². The largest absolute Gasteiger partial charge is 0.338 e. The van der Waals surface area contributed by atoms with Crippen LogP contribution < -0.4 is 5.32 Å².